The predicted octanol–water partition coefficient (Wildman–Crippen LogP) is 1.45. The van der Waals surface area contributed by atoms with Crippen LogP contribution in [0.3, 0.4) is 0 Å². The van der Waals surface area contributed by atoms with Crippen LogP contribution in [0.25, 0.3) is 11.4 Å². The summed E-state index contributed by atoms with van der Waals surface area (Å²) in [4.78, 5) is 18.3. The first-order valence-corrected chi connectivity index (χ1v) is 7.99. The second-order valence-electron chi connectivity index (χ2n) is 5.72. The zero-order valence-electron chi connectivity index (χ0n) is 13.5. The van der Waals surface area contributed by atoms with E-state index in [4.69, 9.17) is 0 Å². The lowest BCUT2D eigenvalue weighted by Crippen LogP contribution is -2.06. The van der Waals surface area contributed by atoms with Gasteiger partial charge < -0.3 is 4.57 Å². The molecule has 0 spiro atoms. The Bertz CT molecular complexity index is 1010. The minimum absolute atomic E-state index is 0.285. The smallest absolute Gasteiger partial charge is 0.331 e. The summed E-state index contributed by atoms with van der Waals surface area (Å²) in [5.74, 6) is 1.53. The number of aryl methyl sites for hydroxylation is 2. The molecule has 0 bridgehead atoms. The molecule has 0 fully saturated rings. The van der Waals surface area contributed by atoms with E-state index in [-0.39, 0.29) is 5.69 Å². The lowest BCUT2D eigenvalue weighted by atomic mass is 10.1. The van der Waals surface area contributed by atoms with Crippen molar-refractivity contribution in [3.63, 3.8) is 0 Å². The fraction of sp³-hybridized carbons (Fsp3) is 0.176. The Hall–Kier alpha value is -3.42. The van der Waals surface area contributed by atoms with Gasteiger partial charge in [-0.25, -0.2) is 14.9 Å². The molecule has 8 nitrogen and oxygen atoms in total. The van der Waals surface area contributed by atoms with E-state index >= 15 is 0 Å². The number of hydrogen-bond acceptors (Lipinski definition) is 4. The number of aromatic amines is 2. The fourth-order valence-corrected chi connectivity index (χ4v) is 2.79. The van der Waals surface area contributed by atoms with E-state index in [1.807, 2.05) is 35.3 Å². The molecule has 0 aliphatic heterocycles. The molecule has 3 heterocycles. The minimum Gasteiger partial charge on any atom is -0.331 e. The lowest BCUT2D eigenvalue weighted by molar-refractivity contribution is 0.677. The summed E-state index contributed by atoms with van der Waals surface area (Å²) >= 11 is 0. The summed E-state index contributed by atoms with van der Waals surface area (Å²) in [7, 11) is 0. The molecular weight excluding hydrogens is 318 g/mol. The first kappa shape index (κ1) is 15.1. The molecule has 1 aromatic carbocycles. The van der Waals surface area contributed by atoms with Crippen molar-refractivity contribution < 1.29 is 0 Å². The summed E-state index contributed by atoms with van der Waals surface area (Å²) in [6.07, 6.45) is 8.05. The van der Waals surface area contributed by atoms with E-state index in [2.05, 4.69) is 42.0 Å². The van der Waals surface area contributed by atoms with Crippen LogP contribution in [0.4, 0.5) is 0 Å². The van der Waals surface area contributed by atoms with Crippen LogP contribution in [-0.4, -0.2) is 34.5 Å². The van der Waals surface area contributed by atoms with Crippen LogP contribution < -0.4 is 5.69 Å². The van der Waals surface area contributed by atoms with Crippen molar-refractivity contribution in [2.75, 3.05) is 0 Å². The van der Waals surface area contributed by atoms with Crippen LogP contribution in [0.1, 0.15) is 11.4 Å². The third-order valence-corrected chi connectivity index (χ3v) is 3.94. The molecule has 8 heteroatoms. The largest absolute Gasteiger partial charge is 0.340 e. The van der Waals surface area contributed by atoms with Crippen LogP contribution in [0.5, 0.6) is 0 Å². The first-order valence-electron chi connectivity index (χ1n) is 7.99. The van der Waals surface area contributed by atoms with Gasteiger partial charge in [0.25, 0.3) is 0 Å². The van der Waals surface area contributed by atoms with Crippen molar-refractivity contribution in [3.05, 3.63) is 77.0 Å². The van der Waals surface area contributed by atoms with Crippen molar-refractivity contribution in [2.24, 2.45) is 0 Å². The number of H-pyrrole nitrogens is 2. The zero-order chi connectivity index (χ0) is 17.1. The number of rotatable bonds is 6. The highest BCUT2D eigenvalue weighted by molar-refractivity contribution is 5.56. The Morgan fingerprint density at radius 2 is 2.08 bits per heavy atom. The number of aromatic nitrogens is 7. The van der Waals surface area contributed by atoms with Gasteiger partial charge in [-0.05, 0) is 17.7 Å². The molecule has 2 N–H and O–H groups in total. The maximum atomic E-state index is 11.1. The van der Waals surface area contributed by atoms with Crippen molar-refractivity contribution in [3.8, 4) is 11.4 Å². The SMILES string of the molecule is O=c1[nH]nc(CCn2ccnc2-c2cccc(Cn3cccn3)c2)[nH]1. The minimum atomic E-state index is -0.285. The van der Waals surface area contributed by atoms with Crippen LogP contribution in [0.2, 0.25) is 0 Å². The molecule has 0 saturated carbocycles. The first-order chi connectivity index (χ1) is 12.3. The maximum absolute atomic E-state index is 11.1. The average Bonchev–Trinajstić information content (AvgIpc) is 3.35. The average molecular weight is 335 g/mol. The second kappa shape index (κ2) is 6.60. The maximum Gasteiger partial charge on any atom is 0.340 e. The molecule has 25 heavy (non-hydrogen) atoms. The summed E-state index contributed by atoms with van der Waals surface area (Å²) < 4.78 is 3.94. The molecule has 4 aromatic rings. The normalized spacial score (nSPS) is 11.0. The van der Waals surface area contributed by atoms with Gasteiger partial charge in [0.15, 0.2) is 0 Å². The van der Waals surface area contributed by atoms with Crippen LogP contribution in [0, 0.1) is 0 Å². The van der Waals surface area contributed by atoms with E-state index < -0.39 is 0 Å². The van der Waals surface area contributed by atoms with Gasteiger partial charge in [-0.1, -0.05) is 18.2 Å². The highest BCUT2D eigenvalue weighted by Crippen LogP contribution is 2.19. The third-order valence-electron chi connectivity index (χ3n) is 3.94. The molecule has 0 amide bonds. The molecule has 0 aliphatic rings. The predicted molar refractivity (Wildman–Crippen MR) is 91.9 cm³/mol. The Morgan fingerprint density at radius 1 is 1.12 bits per heavy atom. The standard InChI is InChI=1S/C17H17N7O/c25-17-20-15(21-22-17)5-9-23-10-7-18-16(23)14-4-1-3-13(11-14)12-24-8-2-6-19-24/h1-4,6-8,10-11H,5,9,12H2,(H2,20,21,22,25). The van der Waals surface area contributed by atoms with Gasteiger partial charge in [-0.15, -0.1) is 0 Å². The van der Waals surface area contributed by atoms with Crippen molar-refractivity contribution >= 4 is 0 Å². The van der Waals surface area contributed by atoms with Gasteiger partial charge in [-0.3, -0.25) is 9.67 Å². The van der Waals surface area contributed by atoms with Crippen LogP contribution >= 0.6 is 0 Å². The van der Waals surface area contributed by atoms with E-state index in [1.165, 1.54) is 0 Å². The Kier molecular flexibility index (Phi) is 3.99. The lowest BCUT2D eigenvalue weighted by Gasteiger charge is -2.09. The highest BCUT2D eigenvalue weighted by Gasteiger charge is 2.08. The van der Waals surface area contributed by atoms with E-state index in [0.29, 0.717) is 18.8 Å². The van der Waals surface area contributed by atoms with E-state index in [1.54, 1.807) is 12.4 Å². The Balaban J connectivity index is 1.54. The van der Waals surface area contributed by atoms with Crippen molar-refractivity contribution in [2.45, 2.75) is 19.5 Å². The summed E-state index contributed by atoms with van der Waals surface area (Å²) in [6, 6.07) is 10.2. The van der Waals surface area contributed by atoms with Gasteiger partial charge in [-0.2, -0.15) is 10.2 Å². The monoisotopic (exact) mass is 335 g/mol. The molecule has 0 atom stereocenters. The number of imidazole rings is 1. The van der Waals surface area contributed by atoms with E-state index in [9.17, 15) is 4.79 Å². The quantitative estimate of drug-likeness (QED) is 0.557. The summed E-state index contributed by atoms with van der Waals surface area (Å²) in [6.45, 7) is 1.40. The molecule has 126 valence electrons. The molecule has 0 aliphatic carbocycles. The topological polar surface area (TPSA) is 97.2 Å². The summed E-state index contributed by atoms with van der Waals surface area (Å²) in [5.41, 5.74) is 1.92. The zero-order valence-corrected chi connectivity index (χ0v) is 13.5. The third kappa shape index (κ3) is 3.42. The molecular formula is C17H17N7O. The molecule has 4 rings (SSSR count). The molecule has 0 unspecified atom stereocenters. The van der Waals surface area contributed by atoms with Gasteiger partial charge in [0.05, 0.1) is 6.54 Å². The molecule has 0 radical (unpaired) electrons. The number of hydrogen-bond donors (Lipinski definition) is 2. The van der Waals surface area contributed by atoms with Gasteiger partial charge in [0, 0.05) is 43.3 Å². The molecule has 3 aromatic heterocycles. The second-order valence-corrected chi connectivity index (χ2v) is 5.72. The van der Waals surface area contributed by atoms with Gasteiger partial charge in [0.2, 0.25) is 0 Å². The van der Waals surface area contributed by atoms with Crippen molar-refractivity contribution in [1.82, 2.24) is 34.5 Å². The number of nitrogens with one attached hydrogen (secondary N) is 2. The van der Waals surface area contributed by atoms with Crippen molar-refractivity contribution in [1.29, 1.82) is 0 Å². The fourth-order valence-electron chi connectivity index (χ4n) is 2.79. The Labute approximate surface area is 143 Å². The van der Waals surface area contributed by atoms with Crippen LogP contribution in [-0.2, 0) is 19.5 Å². The highest BCUT2D eigenvalue weighted by atomic mass is 16.1. The Morgan fingerprint density at radius 3 is 2.88 bits per heavy atom. The van der Waals surface area contributed by atoms with Crippen LogP contribution in [0.15, 0.2) is 59.9 Å². The summed E-state index contributed by atoms with van der Waals surface area (Å²) in [5, 5.41) is 10.6. The molecule has 0 saturated heterocycles. The number of nitrogens with zero attached hydrogens (tertiary/aromatic N) is 5. The van der Waals surface area contributed by atoms with Gasteiger partial charge in [0.1, 0.15) is 11.6 Å². The van der Waals surface area contributed by atoms with Gasteiger partial charge >= 0.3 is 5.69 Å². The number of benzene rings is 1. The van der Waals surface area contributed by atoms with E-state index in [0.717, 1.165) is 23.5 Å².